The van der Waals surface area contributed by atoms with Gasteiger partial charge in [-0.15, -0.1) is 0 Å². The van der Waals surface area contributed by atoms with E-state index >= 15 is 0 Å². The summed E-state index contributed by atoms with van der Waals surface area (Å²) in [7, 11) is 0. The van der Waals surface area contributed by atoms with Gasteiger partial charge in [0.25, 0.3) is 0 Å². The molecule has 0 bridgehead atoms. The molecule has 19 heavy (non-hydrogen) atoms. The van der Waals surface area contributed by atoms with E-state index in [0.29, 0.717) is 11.6 Å². The van der Waals surface area contributed by atoms with Crippen LogP contribution in [0.25, 0.3) is 0 Å². The van der Waals surface area contributed by atoms with Gasteiger partial charge in [-0.25, -0.2) is 14.4 Å². The van der Waals surface area contributed by atoms with Gasteiger partial charge in [0.15, 0.2) is 0 Å². The predicted octanol–water partition coefficient (Wildman–Crippen LogP) is 2.54. The maximum atomic E-state index is 13.3. The summed E-state index contributed by atoms with van der Waals surface area (Å²) in [5, 5.41) is 0. The zero-order chi connectivity index (χ0) is 13.2. The van der Waals surface area contributed by atoms with Crippen LogP contribution in [0.1, 0.15) is 24.4 Å². The molecule has 0 radical (unpaired) electrons. The van der Waals surface area contributed by atoms with Gasteiger partial charge >= 0.3 is 0 Å². The average molecular weight is 258 g/mol. The summed E-state index contributed by atoms with van der Waals surface area (Å²) in [6.07, 6.45) is 5.23. The average Bonchev–Trinajstić information content (AvgIpc) is 2.89. The lowest BCUT2D eigenvalue weighted by atomic mass is 10.0. The van der Waals surface area contributed by atoms with E-state index in [4.69, 9.17) is 5.73 Å². The molecule has 2 N–H and O–H groups in total. The standard InChI is InChI=1S/C14H15FN4/c15-11-4-1-3-10(7-11)13-5-2-6-19(13)14-17-8-12(16)9-18-14/h1,3-4,7-9,13H,2,5-6,16H2/t13-/m0/s1. The first kappa shape index (κ1) is 11.9. The molecule has 3 rings (SSSR count). The van der Waals surface area contributed by atoms with Crippen molar-refractivity contribution >= 4 is 11.6 Å². The Morgan fingerprint density at radius 3 is 2.79 bits per heavy atom. The van der Waals surface area contributed by atoms with Gasteiger partial charge in [0.1, 0.15) is 5.82 Å². The largest absolute Gasteiger partial charge is 0.396 e. The van der Waals surface area contributed by atoms with Crippen LogP contribution in [0, 0.1) is 5.82 Å². The van der Waals surface area contributed by atoms with Crippen molar-refractivity contribution in [3.63, 3.8) is 0 Å². The summed E-state index contributed by atoms with van der Waals surface area (Å²) < 4.78 is 13.3. The minimum absolute atomic E-state index is 0.138. The van der Waals surface area contributed by atoms with Crippen LogP contribution in [0.2, 0.25) is 0 Å². The fourth-order valence-corrected chi connectivity index (χ4v) is 2.55. The Labute approximate surface area is 111 Å². The normalized spacial score (nSPS) is 18.8. The molecule has 98 valence electrons. The quantitative estimate of drug-likeness (QED) is 0.899. The maximum absolute atomic E-state index is 13.3. The van der Waals surface area contributed by atoms with Crippen molar-refractivity contribution in [2.45, 2.75) is 18.9 Å². The zero-order valence-electron chi connectivity index (χ0n) is 10.5. The number of nitrogen functional groups attached to an aromatic ring is 1. The van der Waals surface area contributed by atoms with Crippen LogP contribution in [0.3, 0.4) is 0 Å². The van der Waals surface area contributed by atoms with E-state index < -0.39 is 0 Å². The van der Waals surface area contributed by atoms with Crippen molar-refractivity contribution < 1.29 is 4.39 Å². The second-order valence-electron chi connectivity index (χ2n) is 4.72. The maximum Gasteiger partial charge on any atom is 0.225 e. The molecule has 0 unspecified atom stereocenters. The summed E-state index contributed by atoms with van der Waals surface area (Å²) in [5.74, 6) is 0.448. The summed E-state index contributed by atoms with van der Waals surface area (Å²) in [6.45, 7) is 0.880. The highest BCUT2D eigenvalue weighted by atomic mass is 19.1. The number of rotatable bonds is 2. The molecule has 0 saturated carbocycles. The van der Waals surface area contributed by atoms with Gasteiger partial charge < -0.3 is 10.6 Å². The molecule has 4 nitrogen and oxygen atoms in total. The molecule has 0 aliphatic carbocycles. The molecule has 0 spiro atoms. The number of hydrogen-bond acceptors (Lipinski definition) is 4. The van der Waals surface area contributed by atoms with E-state index in [2.05, 4.69) is 14.9 Å². The van der Waals surface area contributed by atoms with E-state index in [1.165, 1.54) is 6.07 Å². The second kappa shape index (κ2) is 4.84. The first-order valence-electron chi connectivity index (χ1n) is 6.33. The molecule has 1 saturated heterocycles. The highest BCUT2D eigenvalue weighted by molar-refractivity contribution is 5.42. The Bertz CT molecular complexity index is 570. The first-order chi connectivity index (χ1) is 9.24. The molecular weight excluding hydrogens is 243 g/mol. The van der Waals surface area contributed by atoms with Crippen LogP contribution in [-0.2, 0) is 0 Å². The summed E-state index contributed by atoms with van der Waals surface area (Å²) in [5.41, 5.74) is 7.11. The number of nitrogens with zero attached hydrogens (tertiary/aromatic N) is 3. The molecule has 1 aliphatic rings. The van der Waals surface area contributed by atoms with E-state index in [9.17, 15) is 4.39 Å². The minimum Gasteiger partial charge on any atom is -0.396 e. The van der Waals surface area contributed by atoms with Crippen LogP contribution in [-0.4, -0.2) is 16.5 Å². The Morgan fingerprint density at radius 1 is 1.26 bits per heavy atom. The van der Waals surface area contributed by atoms with Gasteiger partial charge in [-0.3, -0.25) is 0 Å². The molecule has 2 heterocycles. The van der Waals surface area contributed by atoms with Crippen molar-refractivity contribution in [1.29, 1.82) is 0 Å². The van der Waals surface area contributed by atoms with Gasteiger partial charge in [-0.1, -0.05) is 12.1 Å². The molecule has 1 aromatic heterocycles. The lowest BCUT2D eigenvalue weighted by Crippen LogP contribution is -2.24. The summed E-state index contributed by atoms with van der Waals surface area (Å²) in [6, 6.07) is 6.87. The summed E-state index contributed by atoms with van der Waals surface area (Å²) >= 11 is 0. The Hall–Kier alpha value is -2.17. The third kappa shape index (κ3) is 2.36. The smallest absolute Gasteiger partial charge is 0.225 e. The Kier molecular flexibility index (Phi) is 3.03. The van der Waals surface area contributed by atoms with Crippen LogP contribution >= 0.6 is 0 Å². The number of benzene rings is 1. The van der Waals surface area contributed by atoms with Crippen LogP contribution in [0.15, 0.2) is 36.7 Å². The SMILES string of the molecule is Nc1cnc(N2CCC[C@H]2c2cccc(F)c2)nc1. The van der Waals surface area contributed by atoms with Crippen molar-refractivity contribution in [3.8, 4) is 0 Å². The molecule has 1 aromatic carbocycles. The number of aromatic nitrogens is 2. The highest BCUT2D eigenvalue weighted by Crippen LogP contribution is 2.34. The predicted molar refractivity (Wildman–Crippen MR) is 72.2 cm³/mol. The molecule has 0 amide bonds. The summed E-state index contributed by atoms with van der Waals surface area (Å²) in [4.78, 5) is 10.6. The van der Waals surface area contributed by atoms with E-state index in [-0.39, 0.29) is 11.9 Å². The molecule has 1 atom stereocenters. The van der Waals surface area contributed by atoms with Gasteiger partial charge in [0.2, 0.25) is 5.95 Å². The van der Waals surface area contributed by atoms with Crippen molar-refractivity contribution in [2.24, 2.45) is 0 Å². The Balaban J connectivity index is 1.91. The molecule has 1 aliphatic heterocycles. The van der Waals surface area contributed by atoms with Gasteiger partial charge in [0.05, 0.1) is 24.1 Å². The topological polar surface area (TPSA) is 55.0 Å². The zero-order valence-corrected chi connectivity index (χ0v) is 10.5. The van der Waals surface area contributed by atoms with Gasteiger partial charge in [0, 0.05) is 6.54 Å². The minimum atomic E-state index is -0.206. The highest BCUT2D eigenvalue weighted by Gasteiger charge is 2.28. The fraction of sp³-hybridized carbons (Fsp3) is 0.286. The molecule has 2 aromatic rings. The van der Waals surface area contributed by atoms with Gasteiger partial charge in [-0.2, -0.15) is 0 Å². The number of halogens is 1. The van der Waals surface area contributed by atoms with Crippen molar-refractivity contribution in [3.05, 3.63) is 48.0 Å². The number of hydrogen-bond donors (Lipinski definition) is 1. The number of nitrogens with two attached hydrogens (primary N) is 1. The van der Waals surface area contributed by atoms with Crippen LogP contribution in [0.5, 0.6) is 0 Å². The molecular formula is C14H15FN4. The third-order valence-corrected chi connectivity index (χ3v) is 3.40. The van der Waals surface area contributed by atoms with E-state index in [1.54, 1.807) is 24.5 Å². The van der Waals surface area contributed by atoms with E-state index in [1.807, 2.05) is 6.07 Å². The van der Waals surface area contributed by atoms with Gasteiger partial charge in [-0.05, 0) is 30.5 Å². The van der Waals surface area contributed by atoms with E-state index in [0.717, 1.165) is 24.9 Å². The van der Waals surface area contributed by atoms with Crippen LogP contribution < -0.4 is 10.6 Å². The fourth-order valence-electron chi connectivity index (χ4n) is 2.55. The molecule has 5 heteroatoms. The van der Waals surface area contributed by atoms with Crippen molar-refractivity contribution in [1.82, 2.24) is 9.97 Å². The van der Waals surface area contributed by atoms with Crippen molar-refractivity contribution in [2.75, 3.05) is 17.2 Å². The first-order valence-corrected chi connectivity index (χ1v) is 6.33. The number of anilines is 2. The lowest BCUT2D eigenvalue weighted by molar-refractivity contribution is 0.617. The third-order valence-electron chi connectivity index (χ3n) is 3.40. The second-order valence-corrected chi connectivity index (χ2v) is 4.72. The lowest BCUT2D eigenvalue weighted by Gasteiger charge is -2.24. The monoisotopic (exact) mass is 258 g/mol. The molecule has 1 fully saturated rings. The Morgan fingerprint density at radius 2 is 2.05 bits per heavy atom. The van der Waals surface area contributed by atoms with Crippen LogP contribution in [0.4, 0.5) is 16.0 Å².